The number of carbonyl (C=O) groups excluding carboxylic acids is 1. The molecule has 0 aliphatic rings. The van der Waals surface area contributed by atoms with Gasteiger partial charge in [0.1, 0.15) is 0 Å². The number of unbranched alkanes of at least 4 members (excludes halogenated alkanes) is 1. The molecular weight excluding hydrogens is 320 g/mol. The highest BCUT2D eigenvalue weighted by molar-refractivity contribution is 9.10. The molecule has 0 unspecified atom stereocenters. The Morgan fingerprint density at radius 2 is 1.83 bits per heavy atom. The molecule has 100 valence electrons. The molecular formula is C11H15BrN2O3S. The Labute approximate surface area is 115 Å². The van der Waals surface area contributed by atoms with Gasteiger partial charge in [0.15, 0.2) is 0 Å². The molecule has 3 N–H and O–H groups in total. The molecule has 0 aliphatic carbocycles. The fourth-order valence-corrected chi connectivity index (χ4v) is 2.67. The number of primary amides is 1. The second-order valence-electron chi connectivity index (χ2n) is 3.78. The predicted molar refractivity (Wildman–Crippen MR) is 72.4 cm³/mol. The third-order valence-electron chi connectivity index (χ3n) is 2.27. The molecule has 0 bridgehead atoms. The molecule has 0 radical (unpaired) electrons. The highest BCUT2D eigenvalue weighted by Gasteiger charge is 2.12. The number of nitrogens with two attached hydrogens (primary N) is 1. The van der Waals surface area contributed by atoms with Crippen molar-refractivity contribution in [2.45, 2.75) is 24.2 Å². The van der Waals surface area contributed by atoms with Crippen molar-refractivity contribution in [1.82, 2.24) is 4.72 Å². The molecule has 1 rings (SSSR count). The van der Waals surface area contributed by atoms with Crippen LogP contribution in [0, 0.1) is 0 Å². The molecule has 0 saturated carbocycles. The number of hydrogen-bond acceptors (Lipinski definition) is 3. The molecule has 18 heavy (non-hydrogen) atoms. The van der Waals surface area contributed by atoms with E-state index in [4.69, 9.17) is 5.73 Å². The summed E-state index contributed by atoms with van der Waals surface area (Å²) in [7, 11) is -3.46. The van der Waals surface area contributed by atoms with Gasteiger partial charge in [0.25, 0.3) is 0 Å². The summed E-state index contributed by atoms with van der Waals surface area (Å²) < 4.78 is 26.9. The van der Waals surface area contributed by atoms with E-state index in [9.17, 15) is 13.2 Å². The second-order valence-corrected chi connectivity index (χ2v) is 6.46. The van der Waals surface area contributed by atoms with Crippen LogP contribution in [-0.2, 0) is 14.8 Å². The summed E-state index contributed by atoms with van der Waals surface area (Å²) in [6, 6.07) is 6.38. The first-order valence-corrected chi connectivity index (χ1v) is 7.73. The van der Waals surface area contributed by atoms with Crippen molar-refractivity contribution in [2.75, 3.05) is 6.54 Å². The van der Waals surface area contributed by atoms with Crippen molar-refractivity contribution in [3.63, 3.8) is 0 Å². The van der Waals surface area contributed by atoms with Gasteiger partial charge in [0.2, 0.25) is 15.9 Å². The van der Waals surface area contributed by atoms with Crippen LogP contribution >= 0.6 is 15.9 Å². The summed E-state index contributed by atoms with van der Waals surface area (Å²) in [4.78, 5) is 10.7. The molecule has 7 heteroatoms. The Balaban J connectivity index is 2.45. The standard InChI is InChI=1S/C11H15BrN2O3S/c12-9-4-6-10(7-5-9)18(16,17)14-8-2-1-3-11(13)15/h4-7,14H,1-3,8H2,(H2,13,15). The molecule has 5 nitrogen and oxygen atoms in total. The van der Waals surface area contributed by atoms with Crippen LogP contribution in [0.3, 0.4) is 0 Å². The molecule has 1 aromatic carbocycles. The van der Waals surface area contributed by atoms with E-state index in [0.29, 0.717) is 19.4 Å². The number of rotatable bonds is 7. The molecule has 0 aromatic heterocycles. The van der Waals surface area contributed by atoms with E-state index in [1.54, 1.807) is 12.1 Å². The molecule has 1 amide bonds. The molecule has 0 heterocycles. The monoisotopic (exact) mass is 334 g/mol. The number of nitrogens with one attached hydrogen (secondary N) is 1. The molecule has 0 saturated heterocycles. The fraction of sp³-hybridized carbons (Fsp3) is 0.364. The number of hydrogen-bond donors (Lipinski definition) is 2. The van der Waals surface area contributed by atoms with Crippen LogP contribution in [-0.4, -0.2) is 20.9 Å². The van der Waals surface area contributed by atoms with E-state index in [0.717, 1.165) is 4.47 Å². The Morgan fingerprint density at radius 3 is 2.39 bits per heavy atom. The normalized spacial score (nSPS) is 11.4. The highest BCUT2D eigenvalue weighted by Crippen LogP contribution is 2.14. The summed E-state index contributed by atoms with van der Waals surface area (Å²) in [5, 5.41) is 0. The Kier molecular flexibility index (Phi) is 5.77. The van der Waals surface area contributed by atoms with Gasteiger partial charge in [-0.05, 0) is 37.1 Å². The van der Waals surface area contributed by atoms with Crippen molar-refractivity contribution in [3.05, 3.63) is 28.7 Å². The minimum absolute atomic E-state index is 0.223. The summed E-state index contributed by atoms with van der Waals surface area (Å²) >= 11 is 3.24. The van der Waals surface area contributed by atoms with Crippen LogP contribution < -0.4 is 10.5 Å². The maximum atomic E-state index is 11.8. The summed E-state index contributed by atoms with van der Waals surface area (Å²) in [5.41, 5.74) is 4.98. The maximum Gasteiger partial charge on any atom is 0.240 e. The molecule has 1 aromatic rings. The number of amides is 1. The minimum Gasteiger partial charge on any atom is -0.370 e. The Bertz CT molecular complexity index is 500. The minimum atomic E-state index is -3.46. The summed E-state index contributed by atoms with van der Waals surface area (Å²) in [5.74, 6) is -0.370. The Hall–Kier alpha value is -0.920. The average Bonchev–Trinajstić information content (AvgIpc) is 2.28. The maximum absolute atomic E-state index is 11.8. The lowest BCUT2D eigenvalue weighted by Gasteiger charge is -2.06. The van der Waals surface area contributed by atoms with Crippen LogP contribution in [0.1, 0.15) is 19.3 Å². The summed E-state index contributed by atoms with van der Waals surface area (Å²) in [6.45, 7) is 0.297. The van der Waals surface area contributed by atoms with Gasteiger partial charge in [-0.2, -0.15) is 0 Å². The van der Waals surface area contributed by atoms with Gasteiger partial charge in [-0.25, -0.2) is 13.1 Å². The first-order chi connectivity index (χ1) is 8.42. The quantitative estimate of drug-likeness (QED) is 0.738. The first-order valence-electron chi connectivity index (χ1n) is 5.45. The van der Waals surface area contributed by atoms with Gasteiger partial charge < -0.3 is 5.73 Å². The van der Waals surface area contributed by atoms with Crippen LogP contribution in [0.4, 0.5) is 0 Å². The fourth-order valence-electron chi connectivity index (χ4n) is 1.33. The number of halogens is 1. The van der Waals surface area contributed by atoms with Crippen LogP contribution in [0.5, 0.6) is 0 Å². The molecule has 0 spiro atoms. The third-order valence-corrected chi connectivity index (χ3v) is 4.27. The molecule has 0 atom stereocenters. The van der Waals surface area contributed by atoms with E-state index in [2.05, 4.69) is 20.7 Å². The topological polar surface area (TPSA) is 89.3 Å². The largest absolute Gasteiger partial charge is 0.370 e. The van der Waals surface area contributed by atoms with Gasteiger partial charge in [-0.1, -0.05) is 15.9 Å². The van der Waals surface area contributed by atoms with Crippen molar-refractivity contribution >= 4 is 31.9 Å². The highest BCUT2D eigenvalue weighted by atomic mass is 79.9. The van der Waals surface area contributed by atoms with E-state index in [1.165, 1.54) is 12.1 Å². The number of carbonyl (C=O) groups is 1. The van der Waals surface area contributed by atoms with Crippen LogP contribution in [0.15, 0.2) is 33.6 Å². The average molecular weight is 335 g/mol. The third kappa shape index (κ3) is 5.16. The molecule has 0 fully saturated rings. The second kappa shape index (κ2) is 6.86. The number of sulfonamides is 1. The van der Waals surface area contributed by atoms with Crippen molar-refractivity contribution in [3.8, 4) is 0 Å². The number of benzene rings is 1. The van der Waals surface area contributed by atoms with Crippen molar-refractivity contribution in [2.24, 2.45) is 5.73 Å². The van der Waals surface area contributed by atoms with E-state index < -0.39 is 10.0 Å². The smallest absolute Gasteiger partial charge is 0.240 e. The van der Waals surface area contributed by atoms with Gasteiger partial charge >= 0.3 is 0 Å². The zero-order valence-corrected chi connectivity index (χ0v) is 12.1. The SMILES string of the molecule is NC(=O)CCCCNS(=O)(=O)c1ccc(Br)cc1. The lowest BCUT2D eigenvalue weighted by atomic mass is 10.2. The predicted octanol–water partition coefficient (Wildman–Crippen LogP) is 1.38. The van der Waals surface area contributed by atoms with E-state index in [1.807, 2.05) is 0 Å². The van der Waals surface area contributed by atoms with Crippen LogP contribution in [0.2, 0.25) is 0 Å². The zero-order valence-electron chi connectivity index (χ0n) is 9.73. The van der Waals surface area contributed by atoms with Crippen molar-refractivity contribution in [1.29, 1.82) is 0 Å². The lowest BCUT2D eigenvalue weighted by Crippen LogP contribution is -2.25. The van der Waals surface area contributed by atoms with Gasteiger partial charge in [0.05, 0.1) is 4.90 Å². The van der Waals surface area contributed by atoms with Crippen LogP contribution in [0.25, 0.3) is 0 Å². The van der Waals surface area contributed by atoms with Gasteiger partial charge in [0, 0.05) is 17.4 Å². The zero-order chi connectivity index (χ0) is 13.6. The van der Waals surface area contributed by atoms with Crippen molar-refractivity contribution < 1.29 is 13.2 Å². The summed E-state index contributed by atoms with van der Waals surface area (Å²) in [6.07, 6.45) is 1.44. The van der Waals surface area contributed by atoms with E-state index >= 15 is 0 Å². The Morgan fingerprint density at radius 1 is 1.22 bits per heavy atom. The molecule has 0 aliphatic heterocycles. The van der Waals surface area contributed by atoms with E-state index in [-0.39, 0.29) is 17.2 Å². The first kappa shape index (κ1) is 15.1. The van der Waals surface area contributed by atoms with Gasteiger partial charge in [-0.15, -0.1) is 0 Å². The lowest BCUT2D eigenvalue weighted by molar-refractivity contribution is -0.118. The van der Waals surface area contributed by atoms with Gasteiger partial charge in [-0.3, -0.25) is 4.79 Å².